The highest BCUT2D eigenvalue weighted by Crippen LogP contribution is 2.23. The van der Waals surface area contributed by atoms with E-state index in [4.69, 9.17) is 0 Å². The van der Waals surface area contributed by atoms with Gasteiger partial charge in [-0.3, -0.25) is 0 Å². The van der Waals surface area contributed by atoms with Crippen LogP contribution in [0.2, 0.25) is 0 Å². The molecule has 0 spiro atoms. The Bertz CT molecular complexity index is 624. The van der Waals surface area contributed by atoms with Crippen LogP contribution >= 0.6 is 11.3 Å². The van der Waals surface area contributed by atoms with E-state index < -0.39 is 0 Å². The SMILES string of the molecule is Cc1ccc(C#N)c(N2CCN(c3nccs3)CC2)n1. The second-order valence-corrected chi connectivity index (χ2v) is 5.60. The van der Waals surface area contributed by atoms with Crippen LogP contribution in [-0.4, -0.2) is 36.1 Å². The molecule has 2 aromatic heterocycles. The summed E-state index contributed by atoms with van der Waals surface area (Å²) < 4.78 is 0. The minimum Gasteiger partial charge on any atom is -0.352 e. The van der Waals surface area contributed by atoms with Gasteiger partial charge in [-0.25, -0.2) is 9.97 Å². The van der Waals surface area contributed by atoms with Crippen molar-refractivity contribution in [2.45, 2.75) is 6.92 Å². The van der Waals surface area contributed by atoms with Crippen molar-refractivity contribution in [2.24, 2.45) is 0 Å². The number of nitriles is 1. The van der Waals surface area contributed by atoms with E-state index in [0.717, 1.165) is 42.8 Å². The fraction of sp³-hybridized carbons (Fsp3) is 0.357. The summed E-state index contributed by atoms with van der Waals surface area (Å²) in [5.41, 5.74) is 1.60. The van der Waals surface area contributed by atoms with Gasteiger partial charge in [-0.2, -0.15) is 5.26 Å². The fourth-order valence-corrected chi connectivity index (χ4v) is 3.05. The molecule has 3 rings (SSSR count). The zero-order valence-electron chi connectivity index (χ0n) is 11.3. The largest absolute Gasteiger partial charge is 0.352 e. The molecule has 1 aliphatic rings. The molecule has 5 nitrogen and oxygen atoms in total. The monoisotopic (exact) mass is 285 g/mol. The van der Waals surface area contributed by atoms with E-state index in [-0.39, 0.29) is 0 Å². The number of aryl methyl sites for hydroxylation is 1. The number of piperazine rings is 1. The van der Waals surface area contributed by atoms with Gasteiger partial charge in [-0.05, 0) is 19.1 Å². The summed E-state index contributed by atoms with van der Waals surface area (Å²) in [7, 11) is 0. The van der Waals surface area contributed by atoms with Crippen LogP contribution in [0.4, 0.5) is 10.9 Å². The maximum atomic E-state index is 9.21. The average Bonchev–Trinajstić information content (AvgIpc) is 3.02. The molecule has 1 saturated heterocycles. The maximum Gasteiger partial charge on any atom is 0.185 e. The van der Waals surface area contributed by atoms with Gasteiger partial charge >= 0.3 is 0 Å². The summed E-state index contributed by atoms with van der Waals surface area (Å²) in [6, 6.07) is 5.97. The number of hydrogen-bond donors (Lipinski definition) is 0. The van der Waals surface area contributed by atoms with Crippen molar-refractivity contribution in [1.29, 1.82) is 5.26 Å². The summed E-state index contributed by atoms with van der Waals surface area (Å²) in [5, 5.41) is 12.3. The molecule has 0 atom stereocenters. The molecule has 0 N–H and O–H groups in total. The first-order valence-electron chi connectivity index (χ1n) is 6.55. The van der Waals surface area contributed by atoms with E-state index in [1.807, 2.05) is 30.6 Å². The first kappa shape index (κ1) is 12.9. The van der Waals surface area contributed by atoms with E-state index >= 15 is 0 Å². The molecule has 6 heteroatoms. The molecule has 0 radical (unpaired) electrons. The predicted molar refractivity (Wildman–Crippen MR) is 80.2 cm³/mol. The lowest BCUT2D eigenvalue weighted by atomic mass is 10.2. The van der Waals surface area contributed by atoms with Crippen molar-refractivity contribution in [3.63, 3.8) is 0 Å². The van der Waals surface area contributed by atoms with E-state index in [1.54, 1.807) is 11.3 Å². The van der Waals surface area contributed by atoms with Gasteiger partial charge in [-0.15, -0.1) is 11.3 Å². The summed E-state index contributed by atoms with van der Waals surface area (Å²) in [4.78, 5) is 13.3. The van der Waals surface area contributed by atoms with E-state index in [1.165, 1.54) is 0 Å². The predicted octanol–water partition coefficient (Wildman–Crippen LogP) is 2.04. The third kappa shape index (κ3) is 2.45. The maximum absolute atomic E-state index is 9.21. The van der Waals surface area contributed by atoms with Crippen LogP contribution in [0.1, 0.15) is 11.3 Å². The highest BCUT2D eigenvalue weighted by Gasteiger charge is 2.21. The topological polar surface area (TPSA) is 56.1 Å². The molecule has 0 unspecified atom stereocenters. The van der Waals surface area contributed by atoms with Crippen LogP contribution in [0.3, 0.4) is 0 Å². The van der Waals surface area contributed by atoms with Crippen molar-refractivity contribution in [3.8, 4) is 6.07 Å². The normalized spacial score (nSPS) is 15.2. The molecule has 3 heterocycles. The van der Waals surface area contributed by atoms with Gasteiger partial charge in [0.25, 0.3) is 0 Å². The van der Waals surface area contributed by atoms with Crippen LogP contribution in [0.15, 0.2) is 23.7 Å². The summed E-state index contributed by atoms with van der Waals surface area (Å²) in [6.07, 6.45) is 1.84. The molecule has 1 aliphatic heterocycles. The van der Waals surface area contributed by atoms with Crippen molar-refractivity contribution in [3.05, 3.63) is 35.0 Å². The zero-order valence-corrected chi connectivity index (χ0v) is 12.1. The number of nitrogens with zero attached hydrogens (tertiary/aromatic N) is 5. The Balaban J connectivity index is 1.75. The van der Waals surface area contributed by atoms with Crippen molar-refractivity contribution >= 4 is 22.3 Å². The van der Waals surface area contributed by atoms with Crippen LogP contribution in [-0.2, 0) is 0 Å². The third-order valence-electron chi connectivity index (χ3n) is 3.40. The van der Waals surface area contributed by atoms with Crippen LogP contribution in [0.25, 0.3) is 0 Å². The molecule has 0 aliphatic carbocycles. The van der Waals surface area contributed by atoms with Gasteiger partial charge < -0.3 is 9.80 Å². The van der Waals surface area contributed by atoms with Crippen LogP contribution < -0.4 is 9.80 Å². The Kier molecular flexibility index (Phi) is 3.52. The van der Waals surface area contributed by atoms with Gasteiger partial charge in [-0.1, -0.05) is 0 Å². The van der Waals surface area contributed by atoms with E-state index in [9.17, 15) is 5.26 Å². The number of hydrogen-bond acceptors (Lipinski definition) is 6. The van der Waals surface area contributed by atoms with E-state index in [2.05, 4.69) is 25.8 Å². The summed E-state index contributed by atoms with van der Waals surface area (Å²) >= 11 is 1.66. The third-order valence-corrected chi connectivity index (χ3v) is 4.24. The molecule has 20 heavy (non-hydrogen) atoms. The second-order valence-electron chi connectivity index (χ2n) is 4.72. The molecular weight excluding hydrogens is 270 g/mol. The molecule has 0 amide bonds. The highest BCUT2D eigenvalue weighted by molar-refractivity contribution is 7.13. The lowest BCUT2D eigenvalue weighted by molar-refractivity contribution is 0.645. The number of pyridine rings is 1. The number of thiazole rings is 1. The quantitative estimate of drug-likeness (QED) is 0.845. The van der Waals surface area contributed by atoms with Gasteiger partial charge in [0.15, 0.2) is 5.13 Å². The second kappa shape index (κ2) is 5.47. The Morgan fingerprint density at radius 3 is 2.60 bits per heavy atom. The smallest absolute Gasteiger partial charge is 0.185 e. The standard InChI is InChI=1S/C14H15N5S/c1-11-2-3-12(10-15)13(17-11)18-5-7-19(8-6-18)14-16-4-9-20-14/h2-4,9H,5-8H2,1H3. The first-order valence-corrected chi connectivity index (χ1v) is 7.43. The average molecular weight is 285 g/mol. The number of rotatable bonds is 2. The minimum atomic E-state index is 0.651. The minimum absolute atomic E-state index is 0.651. The number of anilines is 2. The van der Waals surface area contributed by atoms with Crippen molar-refractivity contribution in [2.75, 3.05) is 36.0 Å². The van der Waals surface area contributed by atoms with Gasteiger partial charge in [0.1, 0.15) is 11.9 Å². The molecule has 102 valence electrons. The van der Waals surface area contributed by atoms with Gasteiger partial charge in [0, 0.05) is 43.4 Å². The zero-order chi connectivity index (χ0) is 13.9. The Morgan fingerprint density at radius 1 is 1.20 bits per heavy atom. The Morgan fingerprint density at radius 2 is 1.95 bits per heavy atom. The lowest BCUT2D eigenvalue weighted by Crippen LogP contribution is -2.47. The van der Waals surface area contributed by atoms with Crippen molar-refractivity contribution in [1.82, 2.24) is 9.97 Å². The molecular formula is C14H15N5S. The Labute approximate surface area is 122 Å². The molecule has 1 fully saturated rings. The van der Waals surface area contributed by atoms with Gasteiger partial charge in [0.2, 0.25) is 0 Å². The highest BCUT2D eigenvalue weighted by atomic mass is 32.1. The summed E-state index contributed by atoms with van der Waals surface area (Å²) in [5.74, 6) is 0.811. The van der Waals surface area contributed by atoms with Crippen LogP contribution in [0.5, 0.6) is 0 Å². The Hall–Kier alpha value is -2.13. The lowest BCUT2D eigenvalue weighted by Gasteiger charge is -2.35. The first-order chi connectivity index (χ1) is 9.78. The van der Waals surface area contributed by atoms with Crippen LogP contribution in [0, 0.1) is 18.3 Å². The van der Waals surface area contributed by atoms with Crippen molar-refractivity contribution < 1.29 is 0 Å². The molecule has 0 bridgehead atoms. The molecule has 2 aromatic rings. The van der Waals surface area contributed by atoms with Gasteiger partial charge in [0.05, 0.1) is 5.56 Å². The van der Waals surface area contributed by atoms with E-state index in [0.29, 0.717) is 5.56 Å². The fourth-order valence-electron chi connectivity index (χ4n) is 2.35. The summed E-state index contributed by atoms with van der Waals surface area (Å²) in [6.45, 7) is 5.51. The molecule has 0 aromatic carbocycles. The number of aromatic nitrogens is 2. The molecule has 0 saturated carbocycles.